The molecule has 1 aromatic carbocycles. The number of hydrogen-bond acceptors (Lipinski definition) is 3. The molecule has 0 saturated carbocycles. The second kappa shape index (κ2) is 7.03. The minimum atomic E-state index is -3.49. The number of sulfonamides is 1. The van der Waals surface area contributed by atoms with Crippen molar-refractivity contribution < 1.29 is 8.42 Å². The maximum atomic E-state index is 12.0. The molecule has 1 atom stereocenters. The van der Waals surface area contributed by atoms with Crippen molar-refractivity contribution in [2.75, 3.05) is 6.54 Å². The average molecular weight is 303 g/mol. The van der Waals surface area contributed by atoms with Crippen molar-refractivity contribution in [3.63, 3.8) is 0 Å². The minimum absolute atomic E-state index is 0.132. The molecule has 1 unspecified atom stereocenters. The van der Waals surface area contributed by atoms with Crippen molar-refractivity contribution in [1.29, 1.82) is 5.41 Å². The van der Waals surface area contributed by atoms with Crippen LogP contribution in [-0.4, -0.2) is 20.7 Å². The standard InChI is InChI=1S/C13H19ClN2O2S/c1-3-11(10(2)15)8-9-16-19(17,18)13-6-4-12(14)5-7-13/h4-7,11,15-16H,3,8-9H2,1-2H3. The van der Waals surface area contributed by atoms with Crippen LogP contribution in [-0.2, 0) is 10.0 Å². The van der Waals surface area contributed by atoms with Crippen LogP contribution < -0.4 is 4.72 Å². The number of benzene rings is 1. The molecule has 2 N–H and O–H groups in total. The monoisotopic (exact) mass is 302 g/mol. The maximum absolute atomic E-state index is 12.0. The molecule has 1 rings (SSSR count). The van der Waals surface area contributed by atoms with E-state index in [0.717, 1.165) is 6.42 Å². The first kappa shape index (κ1) is 16.1. The van der Waals surface area contributed by atoms with Crippen LogP contribution in [0.1, 0.15) is 26.7 Å². The average Bonchev–Trinajstić information content (AvgIpc) is 2.34. The van der Waals surface area contributed by atoms with E-state index >= 15 is 0 Å². The van der Waals surface area contributed by atoms with Gasteiger partial charge in [-0.05, 0) is 49.9 Å². The van der Waals surface area contributed by atoms with Crippen molar-refractivity contribution in [3.8, 4) is 0 Å². The summed E-state index contributed by atoms with van der Waals surface area (Å²) in [7, 11) is -3.49. The molecule has 0 aliphatic heterocycles. The molecular weight excluding hydrogens is 284 g/mol. The predicted molar refractivity (Wildman–Crippen MR) is 78.4 cm³/mol. The highest BCUT2D eigenvalue weighted by molar-refractivity contribution is 7.89. The molecule has 0 saturated heterocycles. The van der Waals surface area contributed by atoms with Gasteiger partial charge < -0.3 is 5.41 Å². The molecule has 0 spiro atoms. The van der Waals surface area contributed by atoms with Gasteiger partial charge in [0.25, 0.3) is 0 Å². The zero-order valence-electron chi connectivity index (χ0n) is 11.1. The Morgan fingerprint density at radius 1 is 1.37 bits per heavy atom. The van der Waals surface area contributed by atoms with Gasteiger partial charge in [0.05, 0.1) is 4.90 Å². The summed E-state index contributed by atoms with van der Waals surface area (Å²) in [5.41, 5.74) is 0.591. The van der Waals surface area contributed by atoms with Gasteiger partial charge in [0, 0.05) is 17.3 Å². The number of halogens is 1. The lowest BCUT2D eigenvalue weighted by Gasteiger charge is -2.13. The van der Waals surface area contributed by atoms with Crippen LogP contribution in [0.5, 0.6) is 0 Å². The highest BCUT2D eigenvalue weighted by Crippen LogP contribution is 2.14. The maximum Gasteiger partial charge on any atom is 0.240 e. The van der Waals surface area contributed by atoms with Gasteiger partial charge in [0.15, 0.2) is 0 Å². The van der Waals surface area contributed by atoms with E-state index in [2.05, 4.69) is 4.72 Å². The largest absolute Gasteiger partial charge is 0.310 e. The second-order valence-corrected chi connectivity index (χ2v) is 6.63. The van der Waals surface area contributed by atoms with Gasteiger partial charge in [-0.25, -0.2) is 13.1 Å². The van der Waals surface area contributed by atoms with Gasteiger partial charge in [0.2, 0.25) is 10.0 Å². The molecule has 0 radical (unpaired) electrons. The minimum Gasteiger partial charge on any atom is -0.310 e. The molecule has 0 aliphatic rings. The summed E-state index contributed by atoms with van der Waals surface area (Å²) in [6.45, 7) is 4.08. The van der Waals surface area contributed by atoms with Gasteiger partial charge in [-0.2, -0.15) is 0 Å². The Morgan fingerprint density at radius 2 is 1.95 bits per heavy atom. The summed E-state index contributed by atoms with van der Waals surface area (Å²) in [6.07, 6.45) is 1.48. The summed E-state index contributed by atoms with van der Waals surface area (Å²) in [6, 6.07) is 6.05. The van der Waals surface area contributed by atoms with E-state index in [1.165, 1.54) is 12.1 Å². The first-order chi connectivity index (χ1) is 8.86. The van der Waals surface area contributed by atoms with E-state index in [1.807, 2.05) is 6.92 Å². The highest BCUT2D eigenvalue weighted by atomic mass is 35.5. The first-order valence-corrected chi connectivity index (χ1v) is 8.03. The third kappa shape index (κ3) is 4.93. The van der Waals surface area contributed by atoms with Crippen molar-refractivity contribution in [2.45, 2.75) is 31.6 Å². The van der Waals surface area contributed by atoms with E-state index < -0.39 is 10.0 Å². The Balaban J connectivity index is 2.61. The van der Waals surface area contributed by atoms with Gasteiger partial charge in [0.1, 0.15) is 0 Å². The topological polar surface area (TPSA) is 70.0 Å². The lowest BCUT2D eigenvalue weighted by Crippen LogP contribution is -2.27. The van der Waals surface area contributed by atoms with E-state index in [4.69, 9.17) is 17.0 Å². The molecule has 19 heavy (non-hydrogen) atoms. The SMILES string of the molecule is CCC(CCNS(=O)(=O)c1ccc(Cl)cc1)C(C)=N. The summed E-state index contributed by atoms with van der Waals surface area (Å²) >= 11 is 5.72. The third-order valence-corrected chi connectivity index (χ3v) is 4.74. The van der Waals surface area contributed by atoms with Crippen LogP contribution in [0.25, 0.3) is 0 Å². The van der Waals surface area contributed by atoms with Gasteiger partial charge in [-0.1, -0.05) is 18.5 Å². The van der Waals surface area contributed by atoms with Crippen LogP contribution in [0.15, 0.2) is 29.2 Å². The lowest BCUT2D eigenvalue weighted by molar-refractivity contribution is 0.558. The second-order valence-electron chi connectivity index (χ2n) is 4.43. The zero-order chi connectivity index (χ0) is 14.5. The first-order valence-electron chi connectivity index (χ1n) is 6.17. The Morgan fingerprint density at radius 3 is 2.42 bits per heavy atom. The molecule has 1 aromatic rings. The van der Waals surface area contributed by atoms with Crippen LogP contribution in [0.2, 0.25) is 5.02 Å². The molecule has 0 aliphatic carbocycles. The van der Waals surface area contributed by atoms with E-state index in [1.54, 1.807) is 19.1 Å². The number of nitrogens with one attached hydrogen (secondary N) is 2. The Bertz CT molecular complexity index is 526. The van der Waals surface area contributed by atoms with Crippen LogP contribution in [0.3, 0.4) is 0 Å². The highest BCUT2D eigenvalue weighted by Gasteiger charge is 2.15. The van der Waals surface area contributed by atoms with Crippen LogP contribution >= 0.6 is 11.6 Å². The molecule has 0 fully saturated rings. The fourth-order valence-corrected chi connectivity index (χ4v) is 2.97. The Kier molecular flexibility index (Phi) is 5.97. The van der Waals surface area contributed by atoms with E-state index in [-0.39, 0.29) is 10.8 Å². The van der Waals surface area contributed by atoms with Crippen molar-refractivity contribution in [2.24, 2.45) is 5.92 Å². The normalized spacial score (nSPS) is 13.2. The molecule has 0 aromatic heterocycles. The molecule has 0 heterocycles. The summed E-state index contributed by atoms with van der Waals surface area (Å²) < 4.78 is 26.5. The molecule has 106 valence electrons. The van der Waals surface area contributed by atoms with Crippen LogP contribution in [0.4, 0.5) is 0 Å². The van der Waals surface area contributed by atoms with Crippen molar-refractivity contribution in [1.82, 2.24) is 4.72 Å². The molecular formula is C13H19ClN2O2S. The van der Waals surface area contributed by atoms with Crippen molar-refractivity contribution >= 4 is 27.3 Å². The van der Waals surface area contributed by atoms with Gasteiger partial charge in [-0.3, -0.25) is 0 Å². The lowest BCUT2D eigenvalue weighted by atomic mass is 9.98. The smallest absolute Gasteiger partial charge is 0.240 e. The third-order valence-electron chi connectivity index (χ3n) is 3.01. The summed E-state index contributed by atoms with van der Waals surface area (Å²) in [5.74, 6) is 0.132. The Hall–Kier alpha value is -0.910. The van der Waals surface area contributed by atoms with E-state index in [9.17, 15) is 8.42 Å². The molecule has 0 bridgehead atoms. The van der Waals surface area contributed by atoms with Crippen molar-refractivity contribution in [3.05, 3.63) is 29.3 Å². The number of hydrogen-bond donors (Lipinski definition) is 2. The molecule has 0 amide bonds. The fraction of sp³-hybridized carbons (Fsp3) is 0.462. The molecule has 6 heteroatoms. The van der Waals surface area contributed by atoms with Gasteiger partial charge in [-0.15, -0.1) is 0 Å². The Labute approximate surface area is 119 Å². The van der Waals surface area contributed by atoms with Gasteiger partial charge >= 0.3 is 0 Å². The summed E-state index contributed by atoms with van der Waals surface area (Å²) in [5, 5.41) is 8.09. The van der Waals surface area contributed by atoms with E-state index in [0.29, 0.717) is 23.7 Å². The quantitative estimate of drug-likeness (QED) is 0.760. The number of rotatable bonds is 7. The predicted octanol–water partition coefficient (Wildman–Crippen LogP) is 3.07. The summed E-state index contributed by atoms with van der Waals surface area (Å²) in [4.78, 5) is 0.205. The van der Waals surface area contributed by atoms with Crippen LogP contribution in [0, 0.1) is 11.3 Å². The zero-order valence-corrected chi connectivity index (χ0v) is 12.7. The fourth-order valence-electron chi connectivity index (χ4n) is 1.79. The molecule has 4 nitrogen and oxygen atoms in total.